The van der Waals surface area contributed by atoms with Crippen molar-refractivity contribution < 1.29 is 0 Å². The van der Waals surface area contributed by atoms with Gasteiger partial charge in [0.2, 0.25) is 0 Å². The Morgan fingerprint density at radius 1 is 1.19 bits per heavy atom. The second-order valence-corrected chi connectivity index (χ2v) is 4.73. The number of nitrogens with zero attached hydrogens (tertiary/aromatic N) is 1. The Balaban J connectivity index is 2.31. The maximum Gasteiger partial charge on any atom is 0.0462 e. The van der Waals surface area contributed by atoms with Crippen LogP contribution in [0.15, 0.2) is 52.5 Å². The van der Waals surface area contributed by atoms with E-state index >= 15 is 0 Å². The van der Waals surface area contributed by atoms with E-state index < -0.39 is 0 Å². The lowest BCUT2D eigenvalue weighted by atomic mass is 10.2. The molecule has 0 amide bonds. The first-order valence-electron chi connectivity index (χ1n) is 4.86. The highest BCUT2D eigenvalue weighted by molar-refractivity contribution is 7.99. The molecule has 0 aliphatic rings. The molecular weight excluding hydrogens is 240 g/mol. The zero-order chi connectivity index (χ0) is 11.4. The van der Waals surface area contributed by atoms with Gasteiger partial charge in [-0.25, -0.2) is 0 Å². The lowest BCUT2D eigenvalue weighted by molar-refractivity contribution is 1.03. The second-order valence-electron chi connectivity index (χ2n) is 3.21. The summed E-state index contributed by atoms with van der Waals surface area (Å²) in [4.78, 5) is 6.21. The van der Waals surface area contributed by atoms with E-state index in [1.165, 1.54) is 0 Å². The molecule has 0 atom stereocenters. The lowest BCUT2D eigenvalue weighted by Gasteiger charge is -2.08. The van der Waals surface area contributed by atoms with Gasteiger partial charge in [-0.1, -0.05) is 29.4 Å². The first kappa shape index (κ1) is 11.5. The monoisotopic (exact) mass is 250 g/mol. The van der Waals surface area contributed by atoms with Crippen LogP contribution in [0.3, 0.4) is 0 Å². The molecule has 0 spiro atoms. The Morgan fingerprint density at radius 2 is 1.94 bits per heavy atom. The zero-order valence-corrected chi connectivity index (χ0v) is 10.1. The Hall–Kier alpha value is -1.03. The SMILES string of the molecule is NCc1c(Cl)cccc1Sc1ccncc1. The molecule has 1 aromatic heterocycles. The molecule has 0 saturated heterocycles. The minimum Gasteiger partial charge on any atom is -0.326 e. The van der Waals surface area contributed by atoms with Gasteiger partial charge in [0.1, 0.15) is 0 Å². The molecule has 0 aliphatic heterocycles. The Labute approximate surface area is 104 Å². The maximum absolute atomic E-state index is 6.09. The summed E-state index contributed by atoms with van der Waals surface area (Å²) in [5.74, 6) is 0. The molecule has 4 heteroatoms. The minimum absolute atomic E-state index is 0.451. The number of hydrogen-bond acceptors (Lipinski definition) is 3. The predicted molar refractivity (Wildman–Crippen MR) is 67.7 cm³/mol. The summed E-state index contributed by atoms with van der Waals surface area (Å²) in [6, 6.07) is 9.75. The molecule has 2 N–H and O–H groups in total. The molecule has 1 aromatic carbocycles. The number of rotatable bonds is 3. The van der Waals surface area contributed by atoms with Crippen LogP contribution in [-0.2, 0) is 6.54 Å². The van der Waals surface area contributed by atoms with Gasteiger partial charge in [0.25, 0.3) is 0 Å². The molecule has 0 aliphatic carbocycles. The molecule has 0 saturated carbocycles. The largest absolute Gasteiger partial charge is 0.326 e. The van der Waals surface area contributed by atoms with E-state index in [0.29, 0.717) is 6.54 Å². The van der Waals surface area contributed by atoms with E-state index in [1.807, 2.05) is 30.3 Å². The van der Waals surface area contributed by atoms with Gasteiger partial charge in [0.05, 0.1) is 0 Å². The van der Waals surface area contributed by atoms with Crippen molar-refractivity contribution in [3.63, 3.8) is 0 Å². The van der Waals surface area contributed by atoms with Gasteiger partial charge in [-0.05, 0) is 29.8 Å². The average Bonchev–Trinajstić information content (AvgIpc) is 2.31. The predicted octanol–water partition coefficient (Wildman–Crippen LogP) is 3.34. The molecule has 0 bridgehead atoms. The van der Waals surface area contributed by atoms with Crippen molar-refractivity contribution in [3.8, 4) is 0 Å². The first-order valence-corrected chi connectivity index (χ1v) is 6.06. The molecular formula is C12H11ClN2S. The van der Waals surface area contributed by atoms with Crippen LogP contribution >= 0.6 is 23.4 Å². The molecule has 2 rings (SSSR count). The molecule has 16 heavy (non-hydrogen) atoms. The van der Waals surface area contributed by atoms with Gasteiger partial charge in [-0.15, -0.1) is 0 Å². The van der Waals surface area contributed by atoms with Gasteiger partial charge in [-0.2, -0.15) is 0 Å². The summed E-state index contributed by atoms with van der Waals surface area (Å²) in [5.41, 5.74) is 6.69. The van der Waals surface area contributed by atoms with Gasteiger partial charge >= 0.3 is 0 Å². The van der Waals surface area contributed by atoms with Crippen molar-refractivity contribution in [2.45, 2.75) is 16.3 Å². The number of nitrogens with two attached hydrogens (primary N) is 1. The van der Waals surface area contributed by atoms with Crippen LogP contribution in [0.1, 0.15) is 5.56 Å². The van der Waals surface area contributed by atoms with E-state index in [0.717, 1.165) is 20.4 Å². The minimum atomic E-state index is 0.451. The Kier molecular flexibility index (Phi) is 3.83. The van der Waals surface area contributed by atoms with Crippen LogP contribution in [0.2, 0.25) is 5.02 Å². The average molecular weight is 251 g/mol. The first-order chi connectivity index (χ1) is 7.81. The van der Waals surface area contributed by atoms with Crippen LogP contribution < -0.4 is 5.73 Å². The molecule has 1 heterocycles. The molecule has 0 radical (unpaired) electrons. The number of pyridine rings is 1. The number of aromatic nitrogens is 1. The number of halogens is 1. The highest BCUT2D eigenvalue weighted by Crippen LogP contribution is 2.33. The van der Waals surface area contributed by atoms with E-state index in [-0.39, 0.29) is 0 Å². The third-order valence-electron chi connectivity index (χ3n) is 2.16. The summed E-state index contributed by atoms with van der Waals surface area (Å²) in [6.07, 6.45) is 3.55. The summed E-state index contributed by atoms with van der Waals surface area (Å²) in [5, 5.41) is 0.724. The van der Waals surface area contributed by atoms with Crippen molar-refractivity contribution in [2.24, 2.45) is 5.73 Å². The fourth-order valence-corrected chi connectivity index (χ4v) is 2.65. The van der Waals surface area contributed by atoms with Gasteiger partial charge in [0, 0.05) is 33.8 Å². The quantitative estimate of drug-likeness (QED) is 0.908. The Bertz CT molecular complexity index is 474. The molecule has 82 valence electrons. The summed E-state index contributed by atoms with van der Waals surface area (Å²) >= 11 is 7.74. The lowest BCUT2D eigenvalue weighted by Crippen LogP contribution is -1.99. The number of benzene rings is 1. The Morgan fingerprint density at radius 3 is 2.62 bits per heavy atom. The van der Waals surface area contributed by atoms with E-state index in [1.54, 1.807) is 24.2 Å². The third-order valence-corrected chi connectivity index (χ3v) is 3.62. The maximum atomic E-state index is 6.09. The van der Waals surface area contributed by atoms with Crippen LogP contribution in [-0.4, -0.2) is 4.98 Å². The molecule has 2 nitrogen and oxygen atoms in total. The smallest absolute Gasteiger partial charge is 0.0462 e. The normalized spacial score (nSPS) is 10.4. The third kappa shape index (κ3) is 2.55. The summed E-state index contributed by atoms with van der Waals surface area (Å²) in [6.45, 7) is 0.451. The molecule has 0 fully saturated rings. The van der Waals surface area contributed by atoms with Crippen LogP contribution in [0.25, 0.3) is 0 Å². The van der Waals surface area contributed by atoms with Crippen molar-refractivity contribution in [1.82, 2.24) is 4.98 Å². The van der Waals surface area contributed by atoms with E-state index in [2.05, 4.69) is 4.98 Å². The topological polar surface area (TPSA) is 38.9 Å². The molecule has 0 unspecified atom stereocenters. The zero-order valence-electron chi connectivity index (χ0n) is 8.56. The summed E-state index contributed by atoms with van der Waals surface area (Å²) in [7, 11) is 0. The van der Waals surface area contributed by atoms with E-state index in [9.17, 15) is 0 Å². The van der Waals surface area contributed by atoms with Crippen molar-refractivity contribution in [3.05, 3.63) is 53.3 Å². The number of hydrogen-bond donors (Lipinski definition) is 1. The van der Waals surface area contributed by atoms with Crippen molar-refractivity contribution >= 4 is 23.4 Å². The van der Waals surface area contributed by atoms with Crippen molar-refractivity contribution in [1.29, 1.82) is 0 Å². The standard InChI is InChI=1S/C12H11ClN2S/c13-11-2-1-3-12(10(11)8-14)16-9-4-6-15-7-5-9/h1-7H,8,14H2. The summed E-state index contributed by atoms with van der Waals surface area (Å²) < 4.78 is 0. The van der Waals surface area contributed by atoms with E-state index in [4.69, 9.17) is 17.3 Å². The van der Waals surface area contributed by atoms with Crippen LogP contribution in [0.5, 0.6) is 0 Å². The molecule has 2 aromatic rings. The highest BCUT2D eigenvalue weighted by Gasteiger charge is 2.06. The fraction of sp³-hybridized carbons (Fsp3) is 0.0833. The van der Waals surface area contributed by atoms with Gasteiger partial charge in [-0.3, -0.25) is 4.98 Å². The van der Waals surface area contributed by atoms with Gasteiger partial charge < -0.3 is 5.73 Å². The van der Waals surface area contributed by atoms with Crippen LogP contribution in [0.4, 0.5) is 0 Å². The second kappa shape index (κ2) is 5.34. The highest BCUT2D eigenvalue weighted by atomic mass is 35.5. The van der Waals surface area contributed by atoms with Crippen molar-refractivity contribution in [2.75, 3.05) is 0 Å². The van der Waals surface area contributed by atoms with Crippen LogP contribution in [0, 0.1) is 0 Å². The van der Waals surface area contributed by atoms with Gasteiger partial charge in [0.15, 0.2) is 0 Å². The fourth-order valence-electron chi connectivity index (χ4n) is 1.37.